The van der Waals surface area contributed by atoms with Crippen molar-refractivity contribution in [1.29, 1.82) is 0 Å². The summed E-state index contributed by atoms with van der Waals surface area (Å²) in [4.78, 5) is 0. The lowest BCUT2D eigenvalue weighted by Gasteiger charge is -2.20. The first-order chi connectivity index (χ1) is 7.03. The van der Waals surface area contributed by atoms with Gasteiger partial charge in [-0.25, -0.2) is 0 Å². The number of hydrogen-bond acceptors (Lipinski definition) is 0. The molecule has 4 atom stereocenters. The second kappa shape index (κ2) is 2.90. The Morgan fingerprint density at radius 2 is 1.87 bits per heavy atom. The first kappa shape index (κ1) is 9.93. The van der Waals surface area contributed by atoms with Gasteiger partial charge in [0.25, 0.3) is 0 Å². The van der Waals surface area contributed by atoms with Gasteiger partial charge < -0.3 is 0 Å². The van der Waals surface area contributed by atoms with Gasteiger partial charge in [0.05, 0.1) is 0 Å². The summed E-state index contributed by atoms with van der Waals surface area (Å²) in [7, 11) is 0. The fraction of sp³-hybridized carbons (Fsp3) is 0.867. The molecule has 2 saturated carbocycles. The molecule has 0 aromatic heterocycles. The molecule has 3 aliphatic rings. The van der Waals surface area contributed by atoms with Crippen LogP contribution in [0.4, 0.5) is 0 Å². The van der Waals surface area contributed by atoms with Crippen LogP contribution in [0.1, 0.15) is 53.4 Å². The highest BCUT2D eigenvalue weighted by Crippen LogP contribution is 2.69. The Balaban J connectivity index is 1.99. The lowest BCUT2D eigenvalue weighted by Crippen LogP contribution is -2.12. The summed E-state index contributed by atoms with van der Waals surface area (Å²) in [5.74, 6) is 3.99. The van der Waals surface area contributed by atoms with Crippen LogP contribution in [0.5, 0.6) is 0 Å². The molecule has 0 N–H and O–H groups in total. The van der Waals surface area contributed by atoms with Crippen molar-refractivity contribution in [3.8, 4) is 0 Å². The molecule has 2 fully saturated rings. The molecule has 3 aliphatic carbocycles. The maximum atomic E-state index is 2.51. The maximum Gasteiger partial charge on any atom is -0.0138 e. The van der Waals surface area contributed by atoms with E-state index < -0.39 is 0 Å². The number of allylic oxidation sites excluding steroid dienone is 2. The third kappa shape index (κ3) is 1.20. The molecule has 0 radical (unpaired) electrons. The molecule has 84 valence electrons. The molecule has 15 heavy (non-hydrogen) atoms. The summed E-state index contributed by atoms with van der Waals surface area (Å²) in [5, 5.41) is 0. The van der Waals surface area contributed by atoms with Crippen molar-refractivity contribution in [1.82, 2.24) is 0 Å². The zero-order chi connectivity index (χ0) is 10.8. The molecule has 0 saturated heterocycles. The minimum atomic E-state index is 0.662. The van der Waals surface area contributed by atoms with Crippen molar-refractivity contribution in [2.24, 2.45) is 29.1 Å². The molecule has 0 unspecified atom stereocenters. The average molecular weight is 204 g/mol. The fourth-order valence-electron chi connectivity index (χ4n) is 4.73. The van der Waals surface area contributed by atoms with Gasteiger partial charge in [-0.15, -0.1) is 0 Å². The van der Waals surface area contributed by atoms with E-state index >= 15 is 0 Å². The summed E-state index contributed by atoms with van der Waals surface area (Å²) >= 11 is 0. The molecule has 0 aromatic carbocycles. The van der Waals surface area contributed by atoms with E-state index in [1.165, 1.54) is 25.7 Å². The quantitative estimate of drug-likeness (QED) is 0.513. The highest BCUT2D eigenvalue weighted by Gasteiger charge is 2.62. The van der Waals surface area contributed by atoms with E-state index in [1.54, 1.807) is 5.57 Å². The molecule has 0 aromatic rings. The summed E-state index contributed by atoms with van der Waals surface area (Å²) in [5.41, 5.74) is 4.29. The molecular formula is C15H24. The van der Waals surface area contributed by atoms with E-state index in [0.29, 0.717) is 5.41 Å². The van der Waals surface area contributed by atoms with E-state index in [2.05, 4.69) is 27.7 Å². The zero-order valence-corrected chi connectivity index (χ0v) is 10.6. The van der Waals surface area contributed by atoms with Crippen molar-refractivity contribution in [3.63, 3.8) is 0 Å². The molecule has 0 amide bonds. The fourth-order valence-corrected chi connectivity index (χ4v) is 4.73. The standard InChI is InChI=1S/C15H24/c1-9-6-8-12-14(15(12,3)4)13-10(2)5-7-11(9)13/h10,12-14H,5-8H2,1-4H3/t10-,12-,13-,14-/m0/s1. The van der Waals surface area contributed by atoms with Crippen molar-refractivity contribution in [2.45, 2.75) is 53.4 Å². The smallest absolute Gasteiger partial charge is 0.0138 e. The van der Waals surface area contributed by atoms with Crippen molar-refractivity contribution >= 4 is 0 Å². The lowest BCUT2D eigenvalue weighted by atomic mass is 9.85. The molecule has 0 nitrogen and oxygen atoms in total. The second-order valence-corrected chi connectivity index (χ2v) is 6.84. The summed E-state index contributed by atoms with van der Waals surface area (Å²) in [6.07, 6.45) is 5.73. The molecule has 0 bridgehead atoms. The van der Waals surface area contributed by atoms with E-state index in [9.17, 15) is 0 Å². The normalized spacial score (nSPS) is 47.2. The second-order valence-electron chi connectivity index (χ2n) is 6.84. The van der Waals surface area contributed by atoms with Gasteiger partial charge in [-0.2, -0.15) is 0 Å². The van der Waals surface area contributed by atoms with Gasteiger partial charge in [-0.3, -0.25) is 0 Å². The summed E-state index contributed by atoms with van der Waals surface area (Å²) in [6, 6.07) is 0. The third-order valence-corrected chi connectivity index (χ3v) is 5.79. The number of rotatable bonds is 0. The van der Waals surface area contributed by atoms with Gasteiger partial charge in [0, 0.05) is 0 Å². The molecular weight excluding hydrogens is 180 g/mol. The predicted octanol–water partition coefficient (Wildman–Crippen LogP) is 4.42. The highest BCUT2D eigenvalue weighted by molar-refractivity contribution is 5.29. The Kier molecular flexibility index (Phi) is 1.92. The Morgan fingerprint density at radius 3 is 2.60 bits per heavy atom. The van der Waals surface area contributed by atoms with Crippen LogP contribution in [-0.4, -0.2) is 0 Å². The van der Waals surface area contributed by atoms with Crippen molar-refractivity contribution < 1.29 is 0 Å². The van der Waals surface area contributed by atoms with E-state index in [1.807, 2.05) is 5.57 Å². The largest absolute Gasteiger partial charge is 0.0738 e. The Bertz CT molecular complexity index is 321. The maximum absolute atomic E-state index is 2.51. The van der Waals surface area contributed by atoms with Crippen molar-refractivity contribution in [2.75, 3.05) is 0 Å². The molecule has 0 spiro atoms. The SMILES string of the molecule is CC1=C2CC[C@H](C)[C@@H]2[C@@H]2[C@H](CC1)C2(C)C. The summed E-state index contributed by atoms with van der Waals surface area (Å²) in [6.45, 7) is 9.90. The lowest BCUT2D eigenvalue weighted by molar-refractivity contribution is 0.362. The van der Waals surface area contributed by atoms with Crippen LogP contribution in [0, 0.1) is 29.1 Å². The van der Waals surface area contributed by atoms with Crippen LogP contribution < -0.4 is 0 Å². The number of fused-ring (bicyclic) bond motifs is 3. The Morgan fingerprint density at radius 1 is 1.13 bits per heavy atom. The topological polar surface area (TPSA) is 0 Å². The summed E-state index contributed by atoms with van der Waals surface area (Å²) < 4.78 is 0. The van der Waals surface area contributed by atoms with Gasteiger partial charge in [0.1, 0.15) is 0 Å². The molecule has 0 heteroatoms. The first-order valence-corrected chi connectivity index (χ1v) is 6.72. The first-order valence-electron chi connectivity index (χ1n) is 6.72. The van der Waals surface area contributed by atoms with Gasteiger partial charge in [0.15, 0.2) is 0 Å². The molecule has 3 rings (SSSR count). The zero-order valence-electron chi connectivity index (χ0n) is 10.6. The Labute approximate surface area is 94.1 Å². The van der Waals surface area contributed by atoms with E-state index in [4.69, 9.17) is 0 Å². The van der Waals surface area contributed by atoms with Gasteiger partial charge in [-0.05, 0) is 61.7 Å². The third-order valence-electron chi connectivity index (χ3n) is 5.79. The van der Waals surface area contributed by atoms with Crippen LogP contribution >= 0.6 is 0 Å². The Hall–Kier alpha value is -0.260. The molecule has 0 aliphatic heterocycles. The van der Waals surface area contributed by atoms with E-state index in [0.717, 1.165) is 23.7 Å². The minimum absolute atomic E-state index is 0.662. The van der Waals surface area contributed by atoms with Crippen LogP contribution in [0.25, 0.3) is 0 Å². The minimum Gasteiger partial charge on any atom is -0.0738 e. The van der Waals surface area contributed by atoms with Crippen LogP contribution in [0.3, 0.4) is 0 Å². The molecule has 0 heterocycles. The van der Waals surface area contributed by atoms with Crippen LogP contribution in [0.15, 0.2) is 11.1 Å². The van der Waals surface area contributed by atoms with Gasteiger partial charge >= 0.3 is 0 Å². The van der Waals surface area contributed by atoms with Crippen LogP contribution in [-0.2, 0) is 0 Å². The van der Waals surface area contributed by atoms with Gasteiger partial charge in [0.2, 0.25) is 0 Å². The highest BCUT2D eigenvalue weighted by atomic mass is 14.7. The van der Waals surface area contributed by atoms with Crippen LogP contribution in [0.2, 0.25) is 0 Å². The average Bonchev–Trinajstić information content (AvgIpc) is 2.55. The predicted molar refractivity (Wildman–Crippen MR) is 64.6 cm³/mol. The van der Waals surface area contributed by atoms with E-state index in [-0.39, 0.29) is 0 Å². The van der Waals surface area contributed by atoms with Crippen molar-refractivity contribution in [3.05, 3.63) is 11.1 Å². The van der Waals surface area contributed by atoms with Gasteiger partial charge in [-0.1, -0.05) is 31.9 Å². The monoisotopic (exact) mass is 204 g/mol. The number of hydrogen-bond donors (Lipinski definition) is 0.